The topological polar surface area (TPSA) is 29.1 Å². The molecule has 1 heterocycles. The van der Waals surface area contributed by atoms with Gasteiger partial charge >= 0.3 is 0 Å². The van der Waals surface area contributed by atoms with Crippen LogP contribution in [0.25, 0.3) is 0 Å². The van der Waals surface area contributed by atoms with E-state index in [0.717, 1.165) is 11.3 Å². The van der Waals surface area contributed by atoms with E-state index in [0.29, 0.717) is 11.9 Å². The van der Waals surface area contributed by atoms with Crippen LogP contribution in [-0.2, 0) is 11.2 Å². The van der Waals surface area contributed by atoms with Crippen molar-refractivity contribution in [2.24, 2.45) is 0 Å². The number of anilines is 1. The summed E-state index contributed by atoms with van der Waals surface area (Å²) in [6, 6.07) is 5.44. The van der Waals surface area contributed by atoms with E-state index in [1.54, 1.807) is 6.07 Å². The van der Waals surface area contributed by atoms with Crippen molar-refractivity contribution in [2.45, 2.75) is 6.42 Å². The zero-order valence-electron chi connectivity index (χ0n) is 5.92. The average Bonchev–Trinajstić information content (AvgIpc) is 2.27. The van der Waals surface area contributed by atoms with Gasteiger partial charge < -0.3 is 5.32 Å². The summed E-state index contributed by atoms with van der Waals surface area (Å²) in [7, 11) is 5.54. The Bertz CT molecular complexity index is 322. The van der Waals surface area contributed by atoms with Gasteiger partial charge in [-0.15, -0.1) is 0 Å². The molecule has 1 N–H and O–H groups in total. The molecule has 52 valence electrons. The fourth-order valence-electron chi connectivity index (χ4n) is 1.25. The first-order chi connectivity index (χ1) is 5.25. The summed E-state index contributed by atoms with van der Waals surface area (Å²) < 4.78 is 0. The fraction of sp³-hybridized carbons (Fsp3) is 0.125. The van der Waals surface area contributed by atoms with E-state index in [4.69, 9.17) is 7.85 Å². The van der Waals surface area contributed by atoms with Gasteiger partial charge in [-0.2, -0.15) is 0 Å². The van der Waals surface area contributed by atoms with Crippen LogP contribution < -0.4 is 10.8 Å². The monoisotopic (exact) mass is 143 g/mol. The molecular weight excluding hydrogens is 137 g/mol. The highest BCUT2D eigenvalue weighted by molar-refractivity contribution is 6.32. The van der Waals surface area contributed by atoms with E-state index in [9.17, 15) is 4.79 Å². The van der Waals surface area contributed by atoms with Gasteiger partial charge in [0.15, 0.2) is 0 Å². The molecule has 1 amide bonds. The molecule has 2 radical (unpaired) electrons. The van der Waals surface area contributed by atoms with Crippen LogP contribution in [-0.4, -0.2) is 13.8 Å². The van der Waals surface area contributed by atoms with Crippen LogP contribution >= 0.6 is 0 Å². The average molecular weight is 143 g/mol. The number of amides is 1. The Labute approximate surface area is 66.0 Å². The fourth-order valence-corrected chi connectivity index (χ4v) is 1.25. The van der Waals surface area contributed by atoms with Gasteiger partial charge in [-0.1, -0.05) is 17.6 Å². The Morgan fingerprint density at radius 3 is 3.09 bits per heavy atom. The molecule has 1 aromatic rings. The smallest absolute Gasteiger partial charge is 0.228 e. The Balaban J connectivity index is 2.51. The van der Waals surface area contributed by atoms with Gasteiger partial charge in [-0.05, 0) is 11.6 Å². The predicted molar refractivity (Wildman–Crippen MR) is 44.2 cm³/mol. The number of carbonyl (C=O) groups is 1. The highest BCUT2D eigenvalue weighted by atomic mass is 16.1. The maximum Gasteiger partial charge on any atom is 0.228 e. The largest absolute Gasteiger partial charge is 0.326 e. The van der Waals surface area contributed by atoms with Crippen molar-refractivity contribution in [3.8, 4) is 0 Å². The molecule has 2 nitrogen and oxygen atoms in total. The summed E-state index contributed by atoms with van der Waals surface area (Å²) in [5.74, 6) is 0.0469. The summed E-state index contributed by atoms with van der Waals surface area (Å²) in [6.07, 6.45) is 0.459. The third-order valence-electron chi connectivity index (χ3n) is 1.75. The lowest BCUT2D eigenvalue weighted by atomic mass is 9.94. The van der Waals surface area contributed by atoms with Crippen molar-refractivity contribution >= 4 is 24.9 Å². The highest BCUT2D eigenvalue weighted by Gasteiger charge is 2.16. The SMILES string of the molecule is [B]c1ccc2c(c1)CC(=O)N2. The van der Waals surface area contributed by atoms with Crippen LogP contribution in [0.5, 0.6) is 0 Å². The van der Waals surface area contributed by atoms with E-state index in [1.165, 1.54) is 0 Å². The Kier molecular flexibility index (Phi) is 1.25. The molecule has 11 heavy (non-hydrogen) atoms. The number of rotatable bonds is 0. The number of benzene rings is 1. The van der Waals surface area contributed by atoms with E-state index >= 15 is 0 Å². The van der Waals surface area contributed by atoms with Crippen LogP contribution in [0.3, 0.4) is 0 Å². The molecule has 1 aliphatic rings. The molecule has 0 unspecified atom stereocenters. The number of fused-ring (bicyclic) bond motifs is 1. The Hall–Kier alpha value is -1.25. The molecule has 0 saturated heterocycles. The van der Waals surface area contributed by atoms with Crippen molar-refractivity contribution in [1.29, 1.82) is 0 Å². The number of nitrogens with one attached hydrogen (secondary N) is 1. The lowest BCUT2D eigenvalue weighted by Gasteiger charge is -1.97. The minimum Gasteiger partial charge on any atom is -0.326 e. The maximum absolute atomic E-state index is 10.9. The van der Waals surface area contributed by atoms with Crippen molar-refractivity contribution < 1.29 is 4.79 Å². The van der Waals surface area contributed by atoms with Crippen molar-refractivity contribution in [3.63, 3.8) is 0 Å². The van der Waals surface area contributed by atoms with Gasteiger partial charge in [-0.3, -0.25) is 4.79 Å². The van der Waals surface area contributed by atoms with E-state index in [1.807, 2.05) is 12.1 Å². The first kappa shape index (κ1) is 6.46. The van der Waals surface area contributed by atoms with Crippen LogP contribution in [0.15, 0.2) is 18.2 Å². The highest BCUT2D eigenvalue weighted by Crippen LogP contribution is 2.20. The van der Waals surface area contributed by atoms with Gasteiger partial charge in [0.25, 0.3) is 0 Å². The number of hydrogen-bond donors (Lipinski definition) is 1. The molecule has 1 aliphatic heterocycles. The maximum atomic E-state index is 10.9. The normalized spacial score (nSPS) is 14.4. The molecule has 0 spiro atoms. The van der Waals surface area contributed by atoms with Crippen molar-refractivity contribution in [2.75, 3.05) is 5.32 Å². The second-order valence-corrected chi connectivity index (χ2v) is 2.64. The molecule has 0 fully saturated rings. The first-order valence-corrected chi connectivity index (χ1v) is 3.44. The zero-order chi connectivity index (χ0) is 7.84. The standard InChI is InChI=1S/C8H6BNO/c9-6-1-2-7-5(3-6)4-8(11)10-7/h1-3H,4H2,(H,10,11). The zero-order valence-corrected chi connectivity index (χ0v) is 5.92. The molecule has 0 bridgehead atoms. The molecule has 0 saturated carbocycles. The Morgan fingerprint density at radius 2 is 2.27 bits per heavy atom. The van der Waals surface area contributed by atoms with Crippen LogP contribution in [0.4, 0.5) is 5.69 Å². The van der Waals surface area contributed by atoms with Gasteiger partial charge in [0.1, 0.15) is 7.85 Å². The lowest BCUT2D eigenvalue weighted by Crippen LogP contribution is -2.03. The summed E-state index contributed by atoms with van der Waals surface area (Å²) >= 11 is 0. The van der Waals surface area contributed by atoms with Crippen LogP contribution in [0.2, 0.25) is 0 Å². The second kappa shape index (κ2) is 2.12. The molecule has 1 aromatic carbocycles. The van der Waals surface area contributed by atoms with Crippen molar-refractivity contribution in [1.82, 2.24) is 0 Å². The molecule has 0 aromatic heterocycles. The molecule has 0 aliphatic carbocycles. The minimum atomic E-state index is 0.0469. The quantitative estimate of drug-likeness (QED) is 0.508. The summed E-state index contributed by atoms with van der Waals surface area (Å²) in [6.45, 7) is 0. The van der Waals surface area contributed by atoms with Crippen LogP contribution in [0, 0.1) is 0 Å². The molecule has 0 atom stereocenters. The summed E-state index contributed by atoms with van der Waals surface area (Å²) in [5, 5.41) is 2.73. The van der Waals surface area contributed by atoms with E-state index in [2.05, 4.69) is 5.32 Å². The Morgan fingerprint density at radius 1 is 1.45 bits per heavy atom. The van der Waals surface area contributed by atoms with Gasteiger partial charge in [0.05, 0.1) is 6.42 Å². The lowest BCUT2D eigenvalue weighted by molar-refractivity contribution is -0.115. The van der Waals surface area contributed by atoms with Crippen LogP contribution in [0.1, 0.15) is 5.56 Å². The molecule has 3 heteroatoms. The summed E-state index contributed by atoms with van der Waals surface area (Å²) in [5.41, 5.74) is 2.60. The minimum absolute atomic E-state index is 0.0469. The summed E-state index contributed by atoms with van der Waals surface area (Å²) in [4.78, 5) is 10.9. The predicted octanol–water partition coefficient (Wildman–Crippen LogP) is -0.0250. The van der Waals surface area contributed by atoms with Gasteiger partial charge in [-0.25, -0.2) is 0 Å². The van der Waals surface area contributed by atoms with Gasteiger partial charge in [0, 0.05) is 5.69 Å². The second-order valence-electron chi connectivity index (χ2n) is 2.64. The number of hydrogen-bond acceptors (Lipinski definition) is 1. The molecule has 2 rings (SSSR count). The molecular formula is C8H6BNO. The van der Waals surface area contributed by atoms with Gasteiger partial charge in [0.2, 0.25) is 5.91 Å². The van der Waals surface area contributed by atoms with E-state index in [-0.39, 0.29) is 5.91 Å². The van der Waals surface area contributed by atoms with Crippen molar-refractivity contribution in [3.05, 3.63) is 23.8 Å². The number of carbonyl (C=O) groups excluding carboxylic acids is 1. The van der Waals surface area contributed by atoms with E-state index < -0.39 is 0 Å². The third kappa shape index (κ3) is 1.02. The first-order valence-electron chi connectivity index (χ1n) is 3.44. The third-order valence-corrected chi connectivity index (χ3v) is 1.75.